The van der Waals surface area contributed by atoms with Crippen LogP contribution in [0.15, 0.2) is 29.6 Å². The minimum atomic E-state index is -0.426. The van der Waals surface area contributed by atoms with Crippen molar-refractivity contribution in [2.24, 2.45) is 0 Å². The molecule has 1 aliphatic heterocycles. The Kier molecular flexibility index (Phi) is 5.33. The largest absolute Gasteiger partial charge is 0.349 e. The van der Waals surface area contributed by atoms with Gasteiger partial charge in [0, 0.05) is 17.6 Å². The zero-order valence-electron chi connectivity index (χ0n) is 14.4. The van der Waals surface area contributed by atoms with Gasteiger partial charge in [-0.25, -0.2) is 9.78 Å². The quantitative estimate of drug-likeness (QED) is 0.882. The summed E-state index contributed by atoms with van der Waals surface area (Å²) < 4.78 is 0. The Morgan fingerprint density at radius 1 is 1.36 bits per heavy atom. The Labute approximate surface area is 151 Å². The summed E-state index contributed by atoms with van der Waals surface area (Å²) in [5.74, 6) is -0.123. The molecule has 1 fully saturated rings. The molecule has 1 aromatic carbocycles. The molecule has 1 saturated heterocycles. The van der Waals surface area contributed by atoms with Gasteiger partial charge in [-0.05, 0) is 44.4 Å². The molecule has 132 valence electrons. The number of aromatic nitrogens is 1. The maximum atomic E-state index is 12.5. The maximum Gasteiger partial charge on any atom is 0.322 e. The average molecular weight is 358 g/mol. The van der Waals surface area contributed by atoms with E-state index in [-0.39, 0.29) is 11.9 Å². The predicted molar refractivity (Wildman–Crippen MR) is 98.6 cm³/mol. The second-order valence-corrected chi connectivity index (χ2v) is 7.29. The molecule has 0 spiro atoms. The first-order chi connectivity index (χ1) is 12.0. The number of thiazole rings is 1. The molecular formula is C18H22N4O2S. The number of hydrogen-bond donors (Lipinski definition) is 2. The second-order valence-electron chi connectivity index (χ2n) is 6.23. The number of benzene rings is 1. The molecule has 0 saturated carbocycles. The number of likely N-dealkylation sites (tertiary alicyclic amines) is 1. The average Bonchev–Trinajstić information content (AvgIpc) is 3.21. The number of carbonyl (C=O) groups is 2. The smallest absolute Gasteiger partial charge is 0.322 e. The van der Waals surface area contributed by atoms with Gasteiger partial charge >= 0.3 is 6.03 Å². The molecule has 6 nitrogen and oxygen atoms in total. The van der Waals surface area contributed by atoms with Crippen molar-refractivity contribution in [1.29, 1.82) is 0 Å². The van der Waals surface area contributed by atoms with Crippen LogP contribution in [-0.4, -0.2) is 34.4 Å². The van der Waals surface area contributed by atoms with Crippen molar-refractivity contribution in [3.05, 3.63) is 45.9 Å². The first-order valence-corrected chi connectivity index (χ1v) is 9.24. The molecule has 2 N–H and O–H groups in total. The van der Waals surface area contributed by atoms with Crippen molar-refractivity contribution in [3.8, 4) is 0 Å². The Hall–Kier alpha value is -2.41. The highest BCUT2D eigenvalue weighted by Crippen LogP contribution is 2.20. The molecule has 2 heterocycles. The molecule has 0 radical (unpaired) electrons. The first kappa shape index (κ1) is 17.4. The van der Waals surface area contributed by atoms with Crippen LogP contribution >= 0.6 is 11.3 Å². The van der Waals surface area contributed by atoms with Crippen LogP contribution in [0.1, 0.15) is 29.1 Å². The molecule has 0 bridgehead atoms. The fourth-order valence-corrected chi connectivity index (χ4v) is 3.60. The third-order valence-corrected chi connectivity index (χ3v) is 5.02. The summed E-state index contributed by atoms with van der Waals surface area (Å²) in [6, 6.07) is 6.97. The van der Waals surface area contributed by atoms with E-state index in [0.29, 0.717) is 19.5 Å². The molecule has 7 heteroatoms. The van der Waals surface area contributed by atoms with E-state index in [0.717, 1.165) is 28.4 Å². The van der Waals surface area contributed by atoms with Crippen molar-refractivity contribution in [1.82, 2.24) is 15.2 Å². The Morgan fingerprint density at radius 3 is 2.92 bits per heavy atom. The van der Waals surface area contributed by atoms with Crippen molar-refractivity contribution < 1.29 is 9.59 Å². The zero-order chi connectivity index (χ0) is 17.8. The summed E-state index contributed by atoms with van der Waals surface area (Å²) in [4.78, 5) is 31.0. The highest BCUT2D eigenvalue weighted by atomic mass is 32.1. The van der Waals surface area contributed by atoms with Crippen LogP contribution in [0.3, 0.4) is 0 Å². The van der Waals surface area contributed by atoms with Crippen LogP contribution in [0.25, 0.3) is 0 Å². The molecule has 3 rings (SSSR count). The minimum Gasteiger partial charge on any atom is -0.349 e. The van der Waals surface area contributed by atoms with Gasteiger partial charge in [-0.15, -0.1) is 11.3 Å². The van der Waals surface area contributed by atoms with Crippen LogP contribution in [-0.2, 0) is 11.3 Å². The molecular weight excluding hydrogens is 336 g/mol. The van der Waals surface area contributed by atoms with Gasteiger partial charge < -0.3 is 15.5 Å². The number of nitrogens with one attached hydrogen (secondary N) is 2. The van der Waals surface area contributed by atoms with Crippen LogP contribution in [0.4, 0.5) is 10.5 Å². The Morgan fingerprint density at radius 2 is 2.20 bits per heavy atom. The third-order valence-electron chi connectivity index (χ3n) is 4.20. The molecule has 1 aromatic heterocycles. The van der Waals surface area contributed by atoms with Gasteiger partial charge in [0.05, 0.1) is 17.2 Å². The molecule has 1 aliphatic rings. The van der Waals surface area contributed by atoms with Crippen LogP contribution in [0, 0.1) is 13.8 Å². The van der Waals surface area contributed by atoms with Gasteiger partial charge in [0.25, 0.3) is 0 Å². The van der Waals surface area contributed by atoms with Gasteiger partial charge in [-0.3, -0.25) is 4.79 Å². The monoisotopic (exact) mass is 358 g/mol. The number of aryl methyl sites for hydroxylation is 2. The fraction of sp³-hybridized carbons (Fsp3) is 0.389. The first-order valence-electron chi connectivity index (χ1n) is 8.36. The van der Waals surface area contributed by atoms with Gasteiger partial charge in [0.1, 0.15) is 6.04 Å². The Bertz CT molecular complexity index is 774. The highest BCUT2D eigenvalue weighted by Gasteiger charge is 2.34. The number of amides is 3. The van der Waals surface area contributed by atoms with Gasteiger partial charge in [0.2, 0.25) is 5.91 Å². The van der Waals surface area contributed by atoms with E-state index in [1.54, 1.807) is 16.2 Å². The highest BCUT2D eigenvalue weighted by molar-refractivity contribution is 7.09. The van der Waals surface area contributed by atoms with Crippen molar-refractivity contribution in [2.45, 2.75) is 39.3 Å². The molecule has 3 amide bonds. The number of carbonyl (C=O) groups excluding carboxylic acids is 2. The third kappa shape index (κ3) is 4.36. The zero-order valence-corrected chi connectivity index (χ0v) is 15.2. The fourth-order valence-electron chi connectivity index (χ4n) is 2.99. The second kappa shape index (κ2) is 7.65. The minimum absolute atomic E-state index is 0.123. The maximum absolute atomic E-state index is 12.5. The van der Waals surface area contributed by atoms with E-state index in [1.165, 1.54) is 0 Å². The van der Waals surface area contributed by atoms with Crippen LogP contribution in [0.5, 0.6) is 0 Å². The molecule has 1 atom stereocenters. The van der Waals surface area contributed by atoms with Crippen molar-refractivity contribution in [3.63, 3.8) is 0 Å². The lowest BCUT2D eigenvalue weighted by Gasteiger charge is -2.24. The predicted octanol–water partition coefficient (Wildman–Crippen LogP) is 3.07. The van der Waals surface area contributed by atoms with E-state index in [9.17, 15) is 9.59 Å². The van der Waals surface area contributed by atoms with E-state index in [1.807, 2.05) is 43.5 Å². The summed E-state index contributed by atoms with van der Waals surface area (Å²) in [5.41, 5.74) is 2.67. The lowest BCUT2D eigenvalue weighted by molar-refractivity contribution is -0.124. The lowest BCUT2D eigenvalue weighted by Crippen LogP contribution is -2.47. The van der Waals surface area contributed by atoms with Crippen LogP contribution in [0.2, 0.25) is 0 Å². The van der Waals surface area contributed by atoms with Crippen molar-refractivity contribution >= 4 is 29.0 Å². The molecule has 2 aromatic rings. The number of anilines is 1. The normalized spacial score (nSPS) is 16.7. The summed E-state index contributed by atoms with van der Waals surface area (Å²) in [5, 5.41) is 8.69. The number of nitrogens with zero attached hydrogens (tertiary/aromatic N) is 2. The van der Waals surface area contributed by atoms with E-state index in [4.69, 9.17) is 0 Å². The van der Waals surface area contributed by atoms with Gasteiger partial charge in [0.15, 0.2) is 0 Å². The molecule has 25 heavy (non-hydrogen) atoms. The van der Waals surface area contributed by atoms with E-state index < -0.39 is 6.04 Å². The molecule has 0 aliphatic carbocycles. The lowest BCUT2D eigenvalue weighted by atomic mass is 10.2. The van der Waals surface area contributed by atoms with E-state index in [2.05, 4.69) is 15.6 Å². The summed E-state index contributed by atoms with van der Waals surface area (Å²) in [6.45, 7) is 4.89. The van der Waals surface area contributed by atoms with Gasteiger partial charge in [-0.1, -0.05) is 12.1 Å². The van der Waals surface area contributed by atoms with Crippen LogP contribution < -0.4 is 10.6 Å². The van der Waals surface area contributed by atoms with E-state index >= 15 is 0 Å². The summed E-state index contributed by atoms with van der Waals surface area (Å²) >= 11 is 1.56. The SMILES string of the molecule is Cc1cccc(NC(=O)N2CCCC2C(=O)NCc2csc(C)n2)c1. The Balaban J connectivity index is 1.59. The number of rotatable bonds is 4. The summed E-state index contributed by atoms with van der Waals surface area (Å²) in [7, 11) is 0. The number of hydrogen-bond acceptors (Lipinski definition) is 4. The van der Waals surface area contributed by atoms with Gasteiger partial charge in [-0.2, -0.15) is 0 Å². The standard InChI is InChI=1S/C18H22N4O2S/c1-12-5-3-6-14(9-12)21-18(24)22-8-4-7-16(22)17(23)19-10-15-11-25-13(2)20-15/h3,5-6,9,11,16H,4,7-8,10H2,1-2H3,(H,19,23)(H,21,24). The molecule has 1 unspecified atom stereocenters. The topological polar surface area (TPSA) is 74.3 Å². The number of urea groups is 1. The summed E-state index contributed by atoms with van der Waals surface area (Å²) in [6.07, 6.45) is 1.51. The van der Waals surface area contributed by atoms with Crippen molar-refractivity contribution in [2.75, 3.05) is 11.9 Å².